The molecule has 0 saturated carbocycles. The van der Waals surface area contributed by atoms with Crippen LogP contribution in [-0.2, 0) is 6.42 Å². The summed E-state index contributed by atoms with van der Waals surface area (Å²) in [4.78, 5) is 0. The Labute approximate surface area is 121 Å². The Morgan fingerprint density at radius 1 is 1.10 bits per heavy atom. The summed E-state index contributed by atoms with van der Waals surface area (Å²) in [6.07, 6.45) is 1.00. The summed E-state index contributed by atoms with van der Waals surface area (Å²) in [7, 11) is 1.72. The fourth-order valence-corrected chi connectivity index (χ4v) is 2.52. The molecule has 0 fully saturated rings. The van der Waals surface area contributed by atoms with Gasteiger partial charge in [0.15, 0.2) is 0 Å². The molecule has 106 valence electrons. The molecule has 0 amide bonds. The van der Waals surface area contributed by atoms with Crippen molar-refractivity contribution in [2.24, 2.45) is 0 Å². The van der Waals surface area contributed by atoms with Crippen molar-refractivity contribution in [2.75, 3.05) is 13.7 Å². The first-order valence-electron chi connectivity index (χ1n) is 7.16. The summed E-state index contributed by atoms with van der Waals surface area (Å²) < 4.78 is 5.34. The number of aryl methyl sites for hydroxylation is 1. The molecular weight excluding hydrogens is 246 g/mol. The molecule has 0 heterocycles. The van der Waals surface area contributed by atoms with E-state index in [4.69, 9.17) is 4.74 Å². The molecule has 0 saturated heterocycles. The number of nitrogens with one attached hydrogen (secondary N) is 1. The number of hydrogen-bond acceptors (Lipinski definition) is 2. The summed E-state index contributed by atoms with van der Waals surface area (Å²) in [6.45, 7) is 5.20. The average molecular weight is 269 g/mol. The maximum atomic E-state index is 5.34. The molecule has 1 N–H and O–H groups in total. The lowest BCUT2D eigenvalue weighted by Crippen LogP contribution is -2.23. The number of likely N-dealkylation sites (N-methyl/N-ethyl adjacent to an activating group) is 1. The lowest BCUT2D eigenvalue weighted by atomic mass is 9.97. The topological polar surface area (TPSA) is 21.3 Å². The van der Waals surface area contributed by atoms with Crippen molar-refractivity contribution in [3.8, 4) is 5.75 Å². The zero-order valence-corrected chi connectivity index (χ0v) is 12.5. The van der Waals surface area contributed by atoms with Crippen LogP contribution in [0, 0.1) is 6.92 Å². The van der Waals surface area contributed by atoms with Crippen molar-refractivity contribution in [3.63, 3.8) is 0 Å². The van der Waals surface area contributed by atoms with Crippen LogP contribution in [0.4, 0.5) is 0 Å². The van der Waals surface area contributed by atoms with E-state index >= 15 is 0 Å². The van der Waals surface area contributed by atoms with E-state index in [0.29, 0.717) is 6.04 Å². The Balaban J connectivity index is 2.22. The molecule has 20 heavy (non-hydrogen) atoms. The van der Waals surface area contributed by atoms with E-state index in [1.165, 1.54) is 16.7 Å². The van der Waals surface area contributed by atoms with Crippen LogP contribution in [-0.4, -0.2) is 13.7 Å². The average Bonchev–Trinajstić information content (AvgIpc) is 2.48. The van der Waals surface area contributed by atoms with Gasteiger partial charge in [-0.3, -0.25) is 0 Å². The van der Waals surface area contributed by atoms with Gasteiger partial charge < -0.3 is 10.1 Å². The van der Waals surface area contributed by atoms with Gasteiger partial charge in [0.1, 0.15) is 5.75 Å². The quantitative estimate of drug-likeness (QED) is 0.859. The molecule has 0 radical (unpaired) electrons. The van der Waals surface area contributed by atoms with Crippen LogP contribution in [0.15, 0.2) is 48.5 Å². The van der Waals surface area contributed by atoms with Crippen LogP contribution < -0.4 is 10.1 Å². The molecule has 0 aromatic heterocycles. The predicted octanol–water partition coefficient (Wildman–Crippen LogP) is 3.90. The molecule has 2 rings (SSSR count). The van der Waals surface area contributed by atoms with Crippen molar-refractivity contribution >= 4 is 0 Å². The minimum absolute atomic E-state index is 0.340. The first kappa shape index (κ1) is 14.6. The van der Waals surface area contributed by atoms with E-state index in [9.17, 15) is 0 Å². The predicted molar refractivity (Wildman–Crippen MR) is 84.3 cm³/mol. The van der Waals surface area contributed by atoms with Crippen LogP contribution in [0.25, 0.3) is 0 Å². The standard InChI is InChI=1S/C18H23NO/c1-4-19-17(13-15-8-6-5-7-9-15)16-10-11-18(20-3)14(2)12-16/h5-12,17,19H,4,13H2,1-3H3. The maximum Gasteiger partial charge on any atom is 0.121 e. The molecule has 0 aliphatic heterocycles. The Bertz CT molecular complexity index is 536. The molecule has 1 unspecified atom stereocenters. The zero-order chi connectivity index (χ0) is 14.4. The van der Waals surface area contributed by atoms with Crippen molar-refractivity contribution in [1.29, 1.82) is 0 Å². The van der Waals surface area contributed by atoms with E-state index in [0.717, 1.165) is 18.7 Å². The second kappa shape index (κ2) is 7.11. The SMILES string of the molecule is CCNC(Cc1ccccc1)c1ccc(OC)c(C)c1. The van der Waals surface area contributed by atoms with Crippen LogP contribution in [0.2, 0.25) is 0 Å². The summed E-state index contributed by atoms with van der Waals surface area (Å²) >= 11 is 0. The monoisotopic (exact) mass is 269 g/mol. The van der Waals surface area contributed by atoms with Gasteiger partial charge in [-0.1, -0.05) is 49.4 Å². The number of methoxy groups -OCH3 is 1. The van der Waals surface area contributed by atoms with Crippen LogP contribution in [0.3, 0.4) is 0 Å². The molecule has 2 nitrogen and oxygen atoms in total. The van der Waals surface area contributed by atoms with Crippen LogP contribution in [0.1, 0.15) is 29.7 Å². The van der Waals surface area contributed by atoms with Crippen molar-refractivity contribution < 1.29 is 4.74 Å². The molecule has 0 aliphatic carbocycles. The molecule has 0 aliphatic rings. The van der Waals surface area contributed by atoms with Gasteiger partial charge in [0.05, 0.1) is 7.11 Å². The van der Waals surface area contributed by atoms with Crippen LogP contribution >= 0.6 is 0 Å². The third-order valence-electron chi connectivity index (χ3n) is 3.55. The van der Waals surface area contributed by atoms with Gasteiger partial charge >= 0.3 is 0 Å². The number of ether oxygens (including phenoxy) is 1. The molecule has 1 atom stereocenters. The molecule has 2 aromatic rings. The van der Waals surface area contributed by atoms with Crippen molar-refractivity contribution in [2.45, 2.75) is 26.3 Å². The Morgan fingerprint density at radius 2 is 1.85 bits per heavy atom. The van der Waals surface area contributed by atoms with E-state index in [2.05, 4.69) is 67.7 Å². The highest BCUT2D eigenvalue weighted by Crippen LogP contribution is 2.24. The van der Waals surface area contributed by atoms with Crippen molar-refractivity contribution in [3.05, 3.63) is 65.2 Å². The minimum Gasteiger partial charge on any atom is -0.496 e. The van der Waals surface area contributed by atoms with E-state index in [-0.39, 0.29) is 0 Å². The van der Waals surface area contributed by atoms with Gasteiger partial charge in [0, 0.05) is 6.04 Å². The number of rotatable bonds is 6. The fourth-order valence-electron chi connectivity index (χ4n) is 2.52. The smallest absolute Gasteiger partial charge is 0.121 e. The largest absolute Gasteiger partial charge is 0.496 e. The highest BCUT2D eigenvalue weighted by atomic mass is 16.5. The fraction of sp³-hybridized carbons (Fsp3) is 0.333. The summed E-state index contributed by atoms with van der Waals surface area (Å²) in [6, 6.07) is 17.4. The lowest BCUT2D eigenvalue weighted by Gasteiger charge is -2.20. The van der Waals surface area contributed by atoms with Gasteiger partial charge in [0.25, 0.3) is 0 Å². The maximum absolute atomic E-state index is 5.34. The highest BCUT2D eigenvalue weighted by molar-refractivity contribution is 5.38. The van der Waals surface area contributed by atoms with Gasteiger partial charge in [-0.25, -0.2) is 0 Å². The minimum atomic E-state index is 0.340. The third kappa shape index (κ3) is 3.61. The van der Waals surface area contributed by atoms with Gasteiger partial charge in [0.2, 0.25) is 0 Å². The summed E-state index contributed by atoms with van der Waals surface area (Å²) in [5.74, 6) is 0.948. The normalized spacial score (nSPS) is 12.2. The lowest BCUT2D eigenvalue weighted by molar-refractivity contribution is 0.411. The molecule has 2 heteroatoms. The summed E-state index contributed by atoms with van der Waals surface area (Å²) in [5.41, 5.74) is 3.85. The van der Waals surface area contributed by atoms with E-state index in [1.807, 2.05) is 0 Å². The highest BCUT2D eigenvalue weighted by Gasteiger charge is 2.12. The third-order valence-corrected chi connectivity index (χ3v) is 3.55. The molecule has 0 spiro atoms. The molecule has 2 aromatic carbocycles. The van der Waals surface area contributed by atoms with Crippen LogP contribution in [0.5, 0.6) is 5.75 Å². The molecule has 0 bridgehead atoms. The second-order valence-corrected chi connectivity index (χ2v) is 5.03. The molecular formula is C18H23NO. The number of hydrogen-bond donors (Lipinski definition) is 1. The zero-order valence-electron chi connectivity index (χ0n) is 12.5. The summed E-state index contributed by atoms with van der Waals surface area (Å²) in [5, 5.41) is 3.57. The first-order valence-corrected chi connectivity index (χ1v) is 7.16. The van der Waals surface area contributed by atoms with E-state index < -0.39 is 0 Å². The first-order chi connectivity index (χ1) is 9.74. The van der Waals surface area contributed by atoms with Gasteiger partial charge in [-0.05, 0) is 42.6 Å². The Kier molecular flexibility index (Phi) is 5.19. The van der Waals surface area contributed by atoms with Crippen molar-refractivity contribution in [1.82, 2.24) is 5.32 Å². The van der Waals surface area contributed by atoms with E-state index in [1.54, 1.807) is 7.11 Å². The number of benzene rings is 2. The van der Waals surface area contributed by atoms with Gasteiger partial charge in [-0.2, -0.15) is 0 Å². The Hall–Kier alpha value is -1.80. The van der Waals surface area contributed by atoms with Gasteiger partial charge in [-0.15, -0.1) is 0 Å². The second-order valence-electron chi connectivity index (χ2n) is 5.03. The Morgan fingerprint density at radius 3 is 2.45 bits per heavy atom.